The molecule has 1 heterocycles. The first kappa shape index (κ1) is 12.8. The van der Waals surface area contributed by atoms with Gasteiger partial charge in [-0.3, -0.25) is 4.55 Å². The van der Waals surface area contributed by atoms with Crippen LogP contribution in [0.15, 0.2) is 0 Å². The van der Waals surface area contributed by atoms with Crippen LogP contribution in [-0.2, 0) is 19.3 Å². The Morgan fingerprint density at radius 3 is 2.80 bits per heavy atom. The quantitative estimate of drug-likeness (QED) is 0.505. The zero-order valence-electron chi connectivity index (χ0n) is 8.29. The predicted octanol–water partition coefficient (Wildman–Crippen LogP) is -1.46. The maximum absolute atomic E-state index is 10.3. The summed E-state index contributed by atoms with van der Waals surface area (Å²) < 4.78 is 38.3. The fraction of sp³-hybridized carbons (Fsp3) is 1.00. The number of likely N-dealkylation sites (N-methyl/N-ethyl adjacent to an activating group) is 1. The number of hydrogen-bond donors (Lipinski definition) is 3. The number of nitrogens with one attached hydrogen (secondary N) is 1. The Kier molecular flexibility index (Phi) is 4.44. The Labute approximate surface area is 88.3 Å². The third-order valence-corrected chi connectivity index (χ3v) is 2.54. The van der Waals surface area contributed by atoms with Crippen LogP contribution in [-0.4, -0.2) is 56.6 Å². The van der Waals surface area contributed by atoms with Crippen molar-refractivity contribution in [2.24, 2.45) is 0 Å². The Morgan fingerprint density at radius 1 is 1.60 bits per heavy atom. The minimum Gasteiger partial charge on any atom is -0.390 e. The highest BCUT2D eigenvalue weighted by atomic mass is 32.3. The van der Waals surface area contributed by atoms with Gasteiger partial charge in [-0.15, -0.1) is 0 Å². The SMILES string of the molecule is CNCC1OC(COS(=O)(=O)O)CC1O. The molecule has 3 N–H and O–H groups in total. The fourth-order valence-electron chi connectivity index (χ4n) is 1.47. The van der Waals surface area contributed by atoms with Crippen molar-refractivity contribution in [1.82, 2.24) is 5.32 Å². The van der Waals surface area contributed by atoms with Crippen molar-refractivity contribution in [3.63, 3.8) is 0 Å². The third kappa shape index (κ3) is 4.41. The topological polar surface area (TPSA) is 105 Å². The van der Waals surface area contributed by atoms with Gasteiger partial charge in [-0.1, -0.05) is 0 Å². The molecule has 0 aliphatic carbocycles. The van der Waals surface area contributed by atoms with E-state index in [1.165, 1.54) is 0 Å². The van der Waals surface area contributed by atoms with Gasteiger partial charge in [-0.25, -0.2) is 4.18 Å². The van der Waals surface area contributed by atoms with Crippen molar-refractivity contribution in [2.45, 2.75) is 24.7 Å². The Balaban J connectivity index is 2.35. The monoisotopic (exact) mass is 241 g/mol. The highest BCUT2D eigenvalue weighted by Gasteiger charge is 2.34. The second-order valence-corrected chi connectivity index (χ2v) is 4.46. The standard InChI is InChI=1S/C7H15NO6S/c1-8-3-7-6(9)2-5(14-7)4-13-15(10,11)12/h5-9H,2-4H2,1H3,(H,10,11,12). The molecule has 0 bridgehead atoms. The molecule has 0 aromatic heterocycles. The van der Waals surface area contributed by atoms with Crippen LogP contribution in [0, 0.1) is 0 Å². The molecule has 1 fully saturated rings. The minimum atomic E-state index is -4.44. The van der Waals surface area contributed by atoms with Crippen molar-refractivity contribution in [2.75, 3.05) is 20.2 Å². The van der Waals surface area contributed by atoms with Crippen molar-refractivity contribution in [3.05, 3.63) is 0 Å². The zero-order chi connectivity index (χ0) is 11.5. The van der Waals surface area contributed by atoms with E-state index in [0.29, 0.717) is 13.0 Å². The van der Waals surface area contributed by atoms with Gasteiger partial charge in [0.25, 0.3) is 0 Å². The molecule has 1 aliphatic heterocycles. The Bertz CT molecular complexity index is 292. The van der Waals surface area contributed by atoms with Crippen LogP contribution in [0.25, 0.3) is 0 Å². The lowest BCUT2D eigenvalue weighted by Crippen LogP contribution is -2.32. The van der Waals surface area contributed by atoms with E-state index < -0.39 is 22.6 Å². The van der Waals surface area contributed by atoms with Gasteiger partial charge in [-0.2, -0.15) is 8.42 Å². The van der Waals surface area contributed by atoms with Crippen LogP contribution in [0.4, 0.5) is 0 Å². The molecule has 7 nitrogen and oxygen atoms in total. The average molecular weight is 241 g/mol. The van der Waals surface area contributed by atoms with Crippen LogP contribution in [0.2, 0.25) is 0 Å². The molecule has 15 heavy (non-hydrogen) atoms. The van der Waals surface area contributed by atoms with E-state index in [2.05, 4.69) is 9.50 Å². The molecule has 90 valence electrons. The lowest BCUT2D eigenvalue weighted by atomic mass is 10.1. The molecule has 0 saturated carbocycles. The normalized spacial score (nSPS) is 32.1. The summed E-state index contributed by atoms with van der Waals surface area (Å²) in [6.07, 6.45) is -1.24. The molecule has 1 rings (SSSR count). The lowest BCUT2D eigenvalue weighted by molar-refractivity contribution is -0.00400. The second kappa shape index (κ2) is 5.19. The van der Waals surface area contributed by atoms with Crippen molar-refractivity contribution in [3.8, 4) is 0 Å². The van der Waals surface area contributed by atoms with Crippen LogP contribution >= 0.6 is 0 Å². The van der Waals surface area contributed by atoms with Crippen molar-refractivity contribution < 1.29 is 27.0 Å². The first-order valence-corrected chi connectivity index (χ1v) is 5.89. The van der Waals surface area contributed by atoms with E-state index in [1.807, 2.05) is 0 Å². The molecular weight excluding hydrogens is 226 g/mol. The van der Waals surface area contributed by atoms with Gasteiger partial charge in [0.15, 0.2) is 0 Å². The first-order chi connectivity index (χ1) is 6.92. The average Bonchev–Trinajstić information content (AvgIpc) is 2.44. The number of ether oxygens (including phenoxy) is 1. The molecule has 0 amide bonds. The zero-order valence-corrected chi connectivity index (χ0v) is 9.11. The van der Waals surface area contributed by atoms with Gasteiger partial charge in [0.05, 0.1) is 24.9 Å². The summed E-state index contributed by atoms with van der Waals surface area (Å²) >= 11 is 0. The van der Waals surface area contributed by atoms with E-state index in [4.69, 9.17) is 9.29 Å². The van der Waals surface area contributed by atoms with Crippen LogP contribution in [0.1, 0.15) is 6.42 Å². The van der Waals surface area contributed by atoms with Gasteiger partial charge in [0, 0.05) is 13.0 Å². The Morgan fingerprint density at radius 2 is 2.27 bits per heavy atom. The van der Waals surface area contributed by atoms with Gasteiger partial charge < -0.3 is 15.2 Å². The molecule has 0 aromatic carbocycles. The van der Waals surface area contributed by atoms with Crippen LogP contribution < -0.4 is 5.32 Å². The molecule has 0 radical (unpaired) electrons. The predicted molar refractivity (Wildman–Crippen MR) is 50.7 cm³/mol. The molecule has 3 unspecified atom stereocenters. The first-order valence-electron chi connectivity index (χ1n) is 4.52. The van der Waals surface area contributed by atoms with Crippen LogP contribution in [0.5, 0.6) is 0 Å². The molecule has 8 heteroatoms. The molecule has 0 spiro atoms. The summed E-state index contributed by atoms with van der Waals surface area (Å²) in [4.78, 5) is 0. The largest absolute Gasteiger partial charge is 0.397 e. The summed E-state index contributed by atoms with van der Waals surface area (Å²) in [7, 11) is -2.72. The number of rotatable bonds is 5. The van der Waals surface area contributed by atoms with Gasteiger partial charge >= 0.3 is 10.4 Å². The third-order valence-electron chi connectivity index (χ3n) is 2.11. The molecule has 3 atom stereocenters. The van der Waals surface area contributed by atoms with E-state index in [0.717, 1.165) is 0 Å². The van der Waals surface area contributed by atoms with Crippen molar-refractivity contribution >= 4 is 10.4 Å². The van der Waals surface area contributed by atoms with E-state index in [9.17, 15) is 13.5 Å². The summed E-state index contributed by atoms with van der Waals surface area (Å²) in [5.41, 5.74) is 0. The van der Waals surface area contributed by atoms with Gasteiger partial charge in [0.1, 0.15) is 0 Å². The fourth-order valence-corrected chi connectivity index (χ4v) is 1.79. The maximum Gasteiger partial charge on any atom is 0.397 e. The number of hydrogen-bond acceptors (Lipinski definition) is 6. The van der Waals surface area contributed by atoms with Gasteiger partial charge in [-0.05, 0) is 7.05 Å². The lowest BCUT2D eigenvalue weighted by Gasteiger charge is -2.13. The number of aliphatic hydroxyl groups is 1. The molecule has 1 saturated heterocycles. The highest BCUT2D eigenvalue weighted by Crippen LogP contribution is 2.20. The molecule has 0 aromatic rings. The van der Waals surface area contributed by atoms with E-state index in [1.54, 1.807) is 7.05 Å². The summed E-state index contributed by atoms with van der Waals surface area (Å²) in [6, 6.07) is 0. The van der Waals surface area contributed by atoms with Gasteiger partial charge in [0.2, 0.25) is 0 Å². The van der Waals surface area contributed by atoms with Crippen molar-refractivity contribution in [1.29, 1.82) is 0 Å². The molecule has 1 aliphatic rings. The van der Waals surface area contributed by atoms with E-state index >= 15 is 0 Å². The van der Waals surface area contributed by atoms with Crippen LogP contribution in [0.3, 0.4) is 0 Å². The van der Waals surface area contributed by atoms with E-state index in [-0.39, 0.29) is 12.7 Å². The Hall–Kier alpha value is -0.250. The smallest absolute Gasteiger partial charge is 0.390 e. The maximum atomic E-state index is 10.3. The number of aliphatic hydroxyl groups excluding tert-OH is 1. The summed E-state index contributed by atoms with van der Waals surface area (Å²) in [5.74, 6) is 0. The minimum absolute atomic E-state index is 0.282. The summed E-state index contributed by atoms with van der Waals surface area (Å²) in [6.45, 7) is 0.194. The summed E-state index contributed by atoms with van der Waals surface area (Å²) in [5, 5.41) is 12.3. The molecular formula is C7H15NO6S. The highest BCUT2D eigenvalue weighted by molar-refractivity contribution is 7.80. The second-order valence-electron chi connectivity index (χ2n) is 3.37.